The monoisotopic (exact) mass is 406 g/mol. The van der Waals surface area contributed by atoms with Gasteiger partial charge in [0.1, 0.15) is 5.76 Å². The van der Waals surface area contributed by atoms with Crippen molar-refractivity contribution in [1.29, 1.82) is 0 Å². The number of rotatable bonds is 3. The van der Waals surface area contributed by atoms with Crippen molar-refractivity contribution in [2.24, 2.45) is 16.6 Å². The van der Waals surface area contributed by atoms with Crippen LogP contribution in [0.15, 0.2) is 9.52 Å². The molecule has 120 valence electrons. The number of halogens is 1. The Bertz CT molecular complexity index is 467. The topological polar surface area (TPSA) is 67.6 Å². The van der Waals surface area contributed by atoms with E-state index in [1.54, 1.807) is 0 Å². The molecule has 1 fully saturated rings. The zero-order chi connectivity index (χ0) is 14.7. The average molecular weight is 406 g/mol. The fraction of sp³-hybridized carbons (Fsp3) is 0.733. The predicted octanol–water partition coefficient (Wildman–Crippen LogP) is 3.06. The fourth-order valence-corrected chi connectivity index (χ4v) is 3.01. The second kappa shape index (κ2) is 8.00. The van der Waals surface area contributed by atoms with Gasteiger partial charge >= 0.3 is 0 Å². The third kappa shape index (κ3) is 4.59. The summed E-state index contributed by atoms with van der Waals surface area (Å²) in [5.74, 6) is 2.55. The van der Waals surface area contributed by atoms with E-state index in [0.717, 1.165) is 30.1 Å². The first-order chi connectivity index (χ1) is 9.49. The van der Waals surface area contributed by atoms with Gasteiger partial charge in [0.15, 0.2) is 5.96 Å². The molecule has 2 unspecified atom stereocenters. The predicted molar refractivity (Wildman–Crippen MR) is 96.3 cm³/mol. The molecule has 1 aromatic rings. The maximum Gasteiger partial charge on any atom is 0.191 e. The molecule has 0 aliphatic carbocycles. The Morgan fingerprint density at radius 2 is 2.24 bits per heavy atom. The van der Waals surface area contributed by atoms with Gasteiger partial charge in [-0.2, -0.15) is 0 Å². The standard InChI is InChI=1S/C15H26N4O.HI/c1-10-6-5-7-19(9-10)15(16)17-8-11(2)14-12(3)18-20-13(14)4;/h10-11H,5-9H2,1-4H3,(H2,16,17);1H. The number of nitrogens with zero attached hydrogens (tertiary/aromatic N) is 3. The van der Waals surface area contributed by atoms with Crippen molar-refractivity contribution in [3.05, 3.63) is 17.0 Å². The van der Waals surface area contributed by atoms with Gasteiger partial charge < -0.3 is 15.2 Å². The highest BCUT2D eigenvalue weighted by atomic mass is 127. The molecule has 0 saturated carbocycles. The van der Waals surface area contributed by atoms with Gasteiger partial charge in [0.2, 0.25) is 0 Å². The first-order valence-electron chi connectivity index (χ1n) is 7.46. The Morgan fingerprint density at radius 3 is 2.81 bits per heavy atom. The zero-order valence-corrected chi connectivity index (χ0v) is 15.8. The van der Waals surface area contributed by atoms with Gasteiger partial charge in [0.05, 0.1) is 5.69 Å². The minimum atomic E-state index is 0. The maximum absolute atomic E-state index is 6.13. The molecule has 0 spiro atoms. The summed E-state index contributed by atoms with van der Waals surface area (Å²) in [7, 11) is 0. The molecular weight excluding hydrogens is 379 g/mol. The molecule has 6 heteroatoms. The zero-order valence-electron chi connectivity index (χ0n) is 13.4. The molecule has 21 heavy (non-hydrogen) atoms. The smallest absolute Gasteiger partial charge is 0.191 e. The second-order valence-electron chi connectivity index (χ2n) is 6.03. The van der Waals surface area contributed by atoms with Crippen LogP contribution in [-0.2, 0) is 0 Å². The number of aliphatic imine (C=N–C) groups is 1. The summed E-state index contributed by atoms with van der Waals surface area (Å²) in [5, 5.41) is 4.00. The molecule has 1 aliphatic heterocycles. The van der Waals surface area contributed by atoms with Gasteiger partial charge in [-0.25, -0.2) is 0 Å². The molecule has 0 aromatic carbocycles. The third-order valence-electron chi connectivity index (χ3n) is 4.09. The van der Waals surface area contributed by atoms with Crippen LogP contribution in [0.4, 0.5) is 0 Å². The third-order valence-corrected chi connectivity index (χ3v) is 4.09. The molecule has 0 amide bonds. The van der Waals surface area contributed by atoms with E-state index in [4.69, 9.17) is 10.3 Å². The van der Waals surface area contributed by atoms with Crippen LogP contribution in [0.1, 0.15) is 49.6 Å². The number of hydrogen-bond donors (Lipinski definition) is 1. The highest BCUT2D eigenvalue weighted by molar-refractivity contribution is 14.0. The molecule has 2 N–H and O–H groups in total. The van der Waals surface area contributed by atoms with Crippen molar-refractivity contribution in [2.45, 2.75) is 46.5 Å². The molecule has 1 saturated heterocycles. The van der Waals surface area contributed by atoms with Crippen molar-refractivity contribution in [3.8, 4) is 0 Å². The number of likely N-dealkylation sites (tertiary alicyclic amines) is 1. The van der Waals surface area contributed by atoms with Gasteiger partial charge in [-0.1, -0.05) is 19.0 Å². The minimum absolute atomic E-state index is 0. The Morgan fingerprint density at radius 1 is 1.52 bits per heavy atom. The maximum atomic E-state index is 6.13. The highest BCUT2D eigenvalue weighted by Gasteiger charge is 2.19. The van der Waals surface area contributed by atoms with Gasteiger partial charge in [-0.3, -0.25) is 4.99 Å². The largest absolute Gasteiger partial charge is 0.370 e. The van der Waals surface area contributed by atoms with Crippen LogP contribution in [0.3, 0.4) is 0 Å². The average Bonchev–Trinajstić information content (AvgIpc) is 2.75. The lowest BCUT2D eigenvalue weighted by atomic mass is 9.99. The summed E-state index contributed by atoms with van der Waals surface area (Å²) in [4.78, 5) is 6.77. The second-order valence-corrected chi connectivity index (χ2v) is 6.03. The van der Waals surface area contributed by atoms with Crippen molar-refractivity contribution in [3.63, 3.8) is 0 Å². The summed E-state index contributed by atoms with van der Waals surface area (Å²) in [6.45, 7) is 11.1. The van der Waals surface area contributed by atoms with E-state index in [0.29, 0.717) is 18.4 Å². The normalized spacial score (nSPS) is 21.0. The van der Waals surface area contributed by atoms with Crippen molar-refractivity contribution < 1.29 is 4.52 Å². The van der Waals surface area contributed by atoms with Crippen LogP contribution < -0.4 is 5.73 Å². The molecular formula is C15H27IN4O. The fourth-order valence-electron chi connectivity index (χ4n) is 3.01. The number of aromatic nitrogens is 1. The van der Waals surface area contributed by atoms with E-state index in [-0.39, 0.29) is 29.9 Å². The van der Waals surface area contributed by atoms with Gasteiger partial charge in [-0.05, 0) is 32.6 Å². The lowest BCUT2D eigenvalue weighted by Crippen LogP contribution is -2.43. The van der Waals surface area contributed by atoms with E-state index in [1.165, 1.54) is 12.8 Å². The lowest BCUT2D eigenvalue weighted by molar-refractivity contribution is 0.270. The summed E-state index contributed by atoms with van der Waals surface area (Å²) in [5.41, 5.74) is 8.24. The molecule has 5 nitrogen and oxygen atoms in total. The highest BCUT2D eigenvalue weighted by Crippen LogP contribution is 2.23. The summed E-state index contributed by atoms with van der Waals surface area (Å²) >= 11 is 0. The van der Waals surface area contributed by atoms with Crippen molar-refractivity contribution in [1.82, 2.24) is 10.1 Å². The number of guanidine groups is 1. The van der Waals surface area contributed by atoms with Crippen LogP contribution >= 0.6 is 24.0 Å². The van der Waals surface area contributed by atoms with Crippen molar-refractivity contribution >= 4 is 29.9 Å². The Labute approximate surface area is 144 Å². The Balaban J connectivity index is 0.00000220. The van der Waals surface area contributed by atoms with Gasteiger partial charge in [0, 0.05) is 31.1 Å². The van der Waals surface area contributed by atoms with Crippen molar-refractivity contribution in [2.75, 3.05) is 19.6 Å². The molecule has 2 atom stereocenters. The molecule has 0 bridgehead atoms. The first-order valence-corrected chi connectivity index (χ1v) is 7.46. The molecule has 0 radical (unpaired) electrons. The van der Waals surface area contributed by atoms with Crippen LogP contribution in [0.5, 0.6) is 0 Å². The molecule has 1 aromatic heterocycles. The lowest BCUT2D eigenvalue weighted by Gasteiger charge is -2.31. The van der Waals surface area contributed by atoms with Gasteiger partial charge in [-0.15, -0.1) is 24.0 Å². The summed E-state index contributed by atoms with van der Waals surface area (Å²) in [6, 6.07) is 0. The number of nitrogens with two attached hydrogens (primary N) is 1. The minimum Gasteiger partial charge on any atom is -0.370 e. The van der Waals surface area contributed by atoms with E-state index in [2.05, 4.69) is 28.9 Å². The first kappa shape index (κ1) is 18.3. The molecule has 2 rings (SSSR count). The summed E-state index contributed by atoms with van der Waals surface area (Å²) in [6.07, 6.45) is 2.50. The van der Waals surface area contributed by atoms with Crippen LogP contribution in [0.25, 0.3) is 0 Å². The molecule has 1 aliphatic rings. The Kier molecular flexibility index (Phi) is 6.96. The SMILES string of the molecule is Cc1noc(C)c1C(C)CN=C(N)N1CCCC(C)C1.I. The number of aryl methyl sites for hydroxylation is 2. The molecule has 2 heterocycles. The van der Waals surface area contributed by atoms with E-state index < -0.39 is 0 Å². The summed E-state index contributed by atoms with van der Waals surface area (Å²) < 4.78 is 5.21. The van der Waals surface area contributed by atoms with Crippen LogP contribution in [-0.4, -0.2) is 35.7 Å². The van der Waals surface area contributed by atoms with Crippen LogP contribution in [0, 0.1) is 19.8 Å². The number of hydrogen-bond acceptors (Lipinski definition) is 3. The van der Waals surface area contributed by atoms with Gasteiger partial charge in [0.25, 0.3) is 0 Å². The van der Waals surface area contributed by atoms with E-state index in [9.17, 15) is 0 Å². The van der Waals surface area contributed by atoms with E-state index in [1.807, 2.05) is 13.8 Å². The Hall–Kier alpha value is -0.790. The quantitative estimate of drug-likeness (QED) is 0.476. The number of piperidine rings is 1. The van der Waals surface area contributed by atoms with E-state index >= 15 is 0 Å². The van der Waals surface area contributed by atoms with Crippen LogP contribution in [0.2, 0.25) is 0 Å².